The van der Waals surface area contributed by atoms with Gasteiger partial charge in [0.05, 0.1) is 12.7 Å². The van der Waals surface area contributed by atoms with Crippen LogP contribution in [0.3, 0.4) is 0 Å². The van der Waals surface area contributed by atoms with Gasteiger partial charge in [0.1, 0.15) is 17.8 Å². The second-order valence-electron chi connectivity index (χ2n) is 6.42. The number of amides is 1. The molecule has 1 amide bonds. The molecule has 1 aromatic rings. The summed E-state index contributed by atoms with van der Waals surface area (Å²) >= 11 is 0. The highest BCUT2D eigenvalue weighted by Gasteiger charge is 2.38. The lowest BCUT2D eigenvalue weighted by Crippen LogP contribution is -2.50. The number of alkyl halides is 3. The number of likely N-dealkylation sites (tertiary alicyclic amines) is 1. The number of halogens is 3. The van der Waals surface area contributed by atoms with Crippen molar-refractivity contribution in [1.82, 2.24) is 25.2 Å². The van der Waals surface area contributed by atoms with E-state index in [0.29, 0.717) is 25.1 Å². The summed E-state index contributed by atoms with van der Waals surface area (Å²) in [6.45, 7) is 2.97. The molecule has 1 atom stereocenters. The smallest absolute Gasteiger partial charge is 0.382 e. The Morgan fingerprint density at radius 2 is 2.21 bits per heavy atom. The molecule has 7 nitrogen and oxygen atoms in total. The fourth-order valence-corrected chi connectivity index (χ4v) is 2.67. The van der Waals surface area contributed by atoms with E-state index >= 15 is 0 Å². The van der Waals surface area contributed by atoms with Gasteiger partial charge < -0.3 is 10.4 Å². The number of hydrogen-bond acceptors (Lipinski definition) is 5. The van der Waals surface area contributed by atoms with Crippen LogP contribution in [0, 0.1) is 0 Å². The molecule has 0 bridgehead atoms. The summed E-state index contributed by atoms with van der Waals surface area (Å²) in [6.07, 6.45) is -1.70. The first-order chi connectivity index (χ1) is 11.1. The number of carbonyl (C=O) groups is 1. The highest BCUT2D eigenvalue weighted by Crippen LogP contribution is 2.30. The van der Waals surface area contributed by atoms with Gasteiger partial charge in [0.2, 0.25) is 5.91 Å². The van der Waals surface area contributed by atoms with Crippen molar-refractivity contribution in [2.45, 2.75) is 44.5 Å². The van der Waals surface area contributed by atoms with E-state index in [0.717, 1.165) is 0 Å². The number of nitrogens with zero attached hydrogens (tertiary/aromatic N) is 4. The van der Waals surface area contributed by atoms with Crippen LogP contribution in [0.1, 0.15) is 38.4 Å². The minimum atomic E-state index is -4.44. The Bertz CT molecular complexity index is 575. The van der Waals surface area contributed by atoms with Crippen LogP contribution in [0.2, 0.25) is 0 Å². The molecule has 2 N–H and O–H groups in total. The van der Waals surface area contributed by atoms with Crippen LogP contribution in [-0.2, 0) is 10.4 Å². The molecule has 1 aliphatic rings. The first-order valence-corrected chi connectivity index (χ1v) is 7.79. The Labute approximate surface area is 137 Å². The van der Waals surface area contributed by atoms with Crippen molar-refractivity contribution in [2.75, 3.05) is 26.2 Å². The number of aromatic nitrogens is 3. The average molecular weight is 349 g/mol. The number of carbonyl (C=O) groups excluding carboxylic acids is 1. The van der Waals surface area contributed by atoms with E-state index in [-0.39, 0.29) is 19.1 Å². The molecular weight excluding hydrogens is 327 g/mol. The van der Waals surface area contributed by atoms with Gasteiger partial charge in [0.15, 0.2) is 0 Å². The summed E-state index contributed by atoms with van der Waals surface area (Å²) in [7, 11) is 0. The fraction of sp³-hybridized carbons (Fsp3) is 0.786. The average Bonchev–Trinajstić information content (AvgIpc) is 2.95. The van der Waals surface area contributed by atoms with Crippen LogP contribution in [0.5, 0.6) is 0 Å². The molecule has 0 radical (unpaired) electrons. The second-order valence-corrected chi connectivity index (χ2v) is 6.42. The summed E-state index contributed by atoms with van der Waals surface area (Å²) in [5.41, 5.74) is -0.841. The molecule has 1 saturated heterocycles. The van der Waals surface area contributed by atoms with Crippen molar-refractivity contribution >= 4 is 5.91 Å². The van der Waals surface area contributed by atoms with E-state index in [1.165, 1.54) is 0 Å². The topological polar surface area (TPSA) is 83.3 Å². The van der Waals surface area contributed by atoms with Gasteiger partial charge in [-0.3, -0.25) is 9.69 Å². The maximum Gasteiger partial charge on any atom is 0.405 e. The van der Waals surface area contributed by atoms with Crippen molar-refractivity contribution in [3.63, 3.8) is 0 Å². The maximum atomic E-state index is 12.1. The van der Waals surface area contributed by atoms with E-state index in [9.17, 15) is 23.1 Å². The zero-order valence-corrected chi connectivity index (χ0v) is 13.7. The number of rotatable bonds is 5. The summed E-state index contributed by atoms with van der Waals surface area (Å²) in [6, 6.07) is 0.0997. The number of nitrogens with one attached hydrogen (secondary N) is 1. The van der Waals surface area contributed by atoms with Crippen LogP contribution in [-0.4, -0.2) is 63.3 Å². The van der Waals surface area contributed by atoms with Gasteiger partial charge in [0.25, 0.3) is 0 Å². The lowest BCUT2D eigenvalue weighted by molar-refractivity contribution is -0.140. The minimum Gasteiger partial charge on any atom is -0.382 e. The van der Waals surface area contributed by atoms with Crippen LogP contribution in [0.15, 0.2) is 6.20 Å². The monoisotopic (exact) mass is 349 g/mol. The van der Waals surface area contributed by atoms with Gasteiger partial charge in [-0.1, -0.05) is 5.21 Å². The van der Waals surface area contributed by atoms with Crippen molar-refractivity contribution in [1.29, 1.82) is 0 Å². The van der Waals surface area contributed by atoms with E-state index in [4.69, 9.17) is 0 Å². The second kappa shape index (κ2) is 7.06. The third kappa shape index (κ3) is 4.91. The van der Waals surface area contributed by atoms with Gasteiger partial charge in [-0.25, -0.2) is 4.68 Å². The largest absolute Gasteiger partial charge is 0.405 e. The number of β-amino-alcohol motifs (C(OH)–C–C–N with tert-alkyl or cyclic N) is 1. The van der Waals surface area contributed by atoms with E-state index < -0.39 is 24.2 Å². The Hall–Kier alpha value is -1.68. The lowest BCUT2D eigenvalue weighted by Gasteiger charge is -2.37. The maximum absolute atomic E-state index is 12.1. The van der Waals surface area contributed by atoms with Gasteiger partial charge in [-0.15, -0.1) is 5.10 Å². The summed E-state index contributed by atoms with van der Waals surface area (Å²) in [5, 5.41) is 20.6. The van der Waals surface area contributed by atoms with Crippen LogP contribution in [0.4, 0.5) is 13.2 Å². The highest BCUT2D eigenvalue weighted by molar-refractivity contribution is 5.78. The quantitative estimate of drug-likeness (QED) is 0.822. The van der Waals surface area contributed by atoms with Crippen LogP contribution >= 0.6 is 0 Å². The fourth-order valence-electron chi connectivity index (χ4n) is 2.67. The van der Waals surface area contributed by atoms with E-state index in [1.54, 1.807) is 15.8 Å². The predicted octanol–water partition coefficient (Wildman–Crippen LogP) is 0.821. The summed E-state index contributed by atoms with van der Waals surface area (Å²) < 4.78 is 38.0. The van der Waals surface area contributed by atoms with E-state index in [2.05, 4.69) is 10.3 Å². The Morgan fingerprint density at radius 1 is 1.50 bits per heavy atom. The number of aliphatic hydroxyl groups is 1. The van der Waals surface area contributed by atoms with E-state index in [1.807, 2.05) is 19.2 Å². The molecule has 0 aliphatic carbocycles. The lowest BCUT2D eigenvalue weighted by atomic mass is 9.90. The third-order valence-corrected chi connectivity index (χ3v) is 3.92. The standard InChI is InChI=1S/C14H22F3N5O2/c1-10(2)22-6-11(19-20-22)13(24)4-3-5-21(9-13)7-12(23)18-8-14(15,16)17/h6,10,24H,3-5,7-9H2,1-2H3,(H,18,23). The van der Waals surface area contributed by atoms with Crippen molar-refractivity contribution in [3.05, 3.63) is 11.9 Å². The van der Waals surface area contributed by atoms with Crippen LogP contribution in [0.25, 0.3) is 0 Å². The van der Waals surface area contributed by atoms with Gasteiger partial charge in [-0.2, -0.15) is 13.2 Å². The molecule has 1 aromatic heterocycles. The molecule has 0 aromatic carbocycles. The van der Waals surface area contributed by atoms with Gasteiger partial charge >= 0.3 is 6.18 Å². The van der Waals surface area contributed by atoms with Gasteiger partial charge in [0, 0.05) is 12.6 Å². The minimum absolute atomic E-state index is 0.0997. The molecule has 136 valence electrons. The van der Waals surface area contributed by atoms with Crippen molar-refractivity contribution in [2.24, 2.45) is 0 Å². The number of piperidine rings is 1. The molecule has 0 saturated carbocycles. The molecular formula is C14H22F3N5O2. The molecule has 2 heterocycles. The Morgan fingerprint density at radius 3 is 2.79 bits per heavy atom. The van der Waals surface area contributed by atoms with Crippen molar-refractivity contribution < 1.29 is 23.1 Å². The van der Waals surface area contributed by atoms with Crippen molar-refractivity contribution in [3.8, 4) is 0 Å². The Kier molecular flexibility index (Phi) is 5.49. The Balaban J connectivity index is 1.96. The zero-order chi connectivity index (χ0) is 18.0. The predicted molar refractivity (Wildman–Crippen MR) is 79.0 cm³/mol. The number of hydrogen-bond donors (Lipinski definition) is 2. The first kappa shape index (κ1) is 18.7. The first-order valence-electron chi connectivity index (χ1n) is 7.79. The highest BCUT2D eigenvalue weighted by atomic mass is 19.4. The normalized spacial score (nSPS) is 22.8. The summed E-state index contributed by atoms with van der Waals surface area (Å²) in [4.78, 5) is 13.3. The molecule has 1 aliphatic heterocycles. The third-order valence-electron chi connectivity index (χ3n) is 3.92. The molecule has 10 heteroatoms. The molecule has 1 unspecified atom stereocenters. The molecule has 2 rings (SSSR count). The summed E-state index contributed by atoms with van der Waals surface area (Å²) in [5.74, 6) is -0.720. The van der Waals surface area contributed by atoms with Gasteiger partial charge in [-0.05, 0) is 33.2 Å². The van der Waals surface area contributed by atoms with Crippen LogP contribution < -0.4 is 5.32 Å². The molecule has 1 fully saturated rings. The SMILES string of the molecule is CC(C)n1cc(C2(O)CCCN(CC(=O)NCC(F)(F)F)C2)nn1. The molecule has 0 spiro atoms. The zero-order valence-electron chi connectivity index (χ0n) is 13.7. The molecule has 24 heavy (non-hydrogen) atoms.